The van der Waals surface area contributed by atoms with Gasteiger partial charge in [0, 0.05) is 11.1 Å². The van der Waals surface area contributed by atoms with E-state index in [0.717, 1.165) is 5.56 Å². The summed E-state index contributed by atoms with van der Waals surface area (Å²) in [5.41, 5.74) is 6.33. The highest BCUT2D eigenvalue weighted by Crippen LogP contribution is 2.31. The molecule has 0 bridgehead atoms. The Balaban J connectivity index is 2.89. The number of benzene rings is 1. The summed E-state index contributed by atoms with van der Waals surface area (Å²) in [6, 6.07) is 1.87. The Hall–Kier alpha value is -1.95. The monoisotopic (exact) mass is 285 g/mol. The number of carbonyl (C=O) groups excluding carboxylic acids is 2. The van der Waals surface area contributed by atoms with Crippen LogP contribution in [0.25, 0.3) is 0 Å². The first-order chi connectivity index (χ1) is 8.85. The molecule has 0 heterocycles. The number of hydrogen-bond acceptors (Lipinski definition) is 4. The number of nitrogens with one attached hydrogen (secondary N) is 2. The molecule has 1 rings (SSSR count). The minimum Gasteiger partial charge on any atom is -0.495 e. The molecule has 0 aliphatic carbocycles. The van der Waals surface area contributed by atoms with Crippen LogP contribution in [0.3, 0.4) is 0 Å². The number of imide groups is 1. The van der Waals surface area contributed by atoms with Crippen LogP contribution < -0.4 is 21.1 Å². The maximum Gasteiger partial charge on any atom is 0.318 e. The van der Waals surface area contributed by atoms with Gasteiger partial charge in [0.25, 0.3) is 0 Å². The number of aryl methyl sites for hydroxylation is 1. The van der Waals surface area contributed by atoms with Gasteiger partial charge in [0.2, 0.25) is 5.91 Å². The van der Waals surface area contributed by atoms with Crippen molar-refractivity contribution >= 4 is 29.2 Å². The van der Waals surface area contributed by atoms with Gasteiger partial charge in [0.15, 0.2) is 0 Å². The Morgan fingerprint density at radius 1 is 1.42 bits per heavy atom. The first-order valence-corrected chi connectivity index (χ1v) is 5.94. The van der Waals surface area contributed by atoms with Crippen LogP contribution in [0.5, 0.6) is 5.75 Å². The minimum atomic E-state index is -0.891. The van der Waals surface area contributed by atoms with Gasteiger partial charge in [-0.15, -0.1) is 0 Å². The van der Waals surface area contributed by atoms with Crippen LogP contribution >= 0.6 is 11.6 Å². The quantitative estimate of drug-likeness (QED) is 0.784. The van der Waals surface area contributed by atoms with Gasteiger partial charge >= 0.3 is 6.03 Å². The van der Waals surface area contributed by atoms with Crippen LogP contribution in [0.15, 0.2) is 12.1 Å². The normalized spacial score (nSPS) is 11.6. The molecule has 0 radical (unpaired) electrons. The number of rotatable bonds is 4. The standard InChI is InChI=1S/C12H16ClN3O3/c1-6-4-9(10(19-3)5-8(6)13)15-7(2)11(17)16-12(14)18/h4-5,7,15H,1-3H3,(H3,14,16,17,18)/t7-/m1/s1. The number of amides is 3. The second-order valence-electron chi connectivity index (χ2n) is 4.02. The lowest BCUT2D eigenvalue weighted by Crippen LogP contribution is -2.43. The summed E-state index contributed by atoms with van der Waals surface area (Å²) in [4.78, 5) is 22.2. The number of primary amides is 1. The summed E-state index contributed by atoms with van der Waals surface area (Å²) in [5.74, 6) is -0.0171. The average molecular weight is 286 g/mol. The van der Waals surface area contributed by atoms with E-state index in [1.54, 1.807) is 19.1 Å². The maximum absolute atomic E-state index is 11.6. The molecule has 3 amide bonds. The Kier molecular flexibility index (Phi) is 5.00. The summed E-state index contributed by atoms with van der Waals surface area (Å²) in [6.07, 6.45) is 0. The highest BCUT2D eigenvalue weighted by molar-refractivity contribution is 6.31. The van der Waals surface area contributed by atoms with Gasteiger partial charge in [-0.05, 0) is 25.5 Å². The lowest BCUT2D eigenvalue weighted by atomic mass is 10.2. The fourth-order valence-corrected chi connectivity index (χ4v) is 1.63. The van der Waals surface area contributed by atoms with Crippen molar-refractivity contribution in [2.24, 2.45) is 5.73 Å². The molecular weight excluding hydrogens is 270 g/mol. The van der Waals surface area contributed by atoms with E-state index in [1.807, 2.05) is 12.2 Å². The van der Waals surface area contributed by atoms with E-state index in [4.69, 9.17) is 22.1 Å². The molecule has 104 valence electrons. The third-order valence-electron chi connectivity index (χ3n) is 2.49. The largest absolute Gasteiger partial charge is 0.495 e. The second kappa shape index (κ2) is 6.29. The van der Waals surface area contributed by atoms with Crippen molar-refractivity contribution in [3.8, 4) is 5.75 Å². The van der Waals surface area contributed by atoms with E-state index in [9.17, 15) is 9.59 Å². The van der Waals surface area contributed by atoms with E-state index in [0.29, 0.717) is 16.5 Å². The van der Waals surface area contributed by atoms with E-state index >= 15 is 0 Å². The van der Waals surface area contributed by atoms with Crippen molar-refractivity contribution in [3.05, 3.63) is 22.7 Å². The smallest absolute Gasteiger partial charge is 0.318 e. The van der Waals surface area contributed by atoms with E-state index in [2.05, 4.69) is 5.32 Å². The number of carbonyl (C=O) groups is 2. The molecule has 0 saturated carbocycles. The molecule has 0 saturated heterocycles. The molecule has 0 spiro atoms. The zero-order chi connectivity index (χ0) is 14.6. The van der Waals surface area contributed by atoms with Gasteiger partial charge < -0.3 is 15.8 Å². The van der Waals surface area contributed by atoms with Crippen molar-refractivity contribution in [1.29, 1.82) is 0 Å². The number of urea groups is 1. The summed E-state index contributed by atoms with van der Waals surface area (Å²) in [5, 5.41) is 5.49. The predicted molar refractivity (Wildman–Crippen MR) is 73.6 cm³/mol. The maximum atomic E-state index is 11.6. The predicted octanol–water partition coefficient (Wildman–Crippen LogP) is 1.65. The Labute approximate surface area is 116 Å². The lowest BCUT2D eigenvalue weighted by molar-refractivity contribution is -0.120. The van der Waals surface area contributed by atoms with Crippen molar-refractivity contribution in [2.75, 3.05) is 12.4 Å². The third-order valence-corrected chi connectivity index (χ3v) is 2.90. The molecule has 0 aromatic heterocycles. The van der Waals surface area contributed by atoms with Crippen LogP contribution in [-0.2, 0) is 4.79 Å². The van der Waals surface area contributed by atoms with Gasteiger partial charge in [-0.1, -0.05) is 11.6 Å². The molecule has 7 heteroatoms. The van der Waals surface area contributed by atoms with E-state index in [1.165, 1.54) is 7.11 Å². The molecule has 19 heavy (non-hydrogen) atoms. The van der Waals surface area contributed by atoms with Crippen molar-refractivity contribution in [2.45, 2.75) is 19.9 Å². The minimum absolute atomic E-state index is 0.509. The molecule has 0 aliphatic heterocycles. The van der Waals surface area contributed by atoms with Crippen LogP contribution in [0, 0.1) is 6.92 Å². The molecule has 1 aromatic carbocycles. The second-order valence-corrected chi connectivity index (χ2v) is 4.43. The number of ether oxygens (including phenoxy) is 1. The highest BCUT2D eigenvalue weighted by Gasteiger charge is 2.16. The zero-order valence-electron chi connectivity index (χ0n) is 10.9. The zero-order valence-corrected chi connectivity index (χ0v) is 11.7. The van der Waals surface area contributed by atoms with Crippen molar-refractivity contribution < 1.29 is 14.3 Å². The topological polar surface area (TPSA) is 93.4 Å². The fraction of sp³-hybridized carbons (Fsp3) is 0.333. The molecule has 6 nitrogen and oxygen atoms in total. The molecule has 0 fully saturated rings. The van der Waals surface area contributed by atoms with Gasteiger partial charge in [0.05, 0.1) is 12.8 Å². The van der Waals surface area contributed by atoms with Crippen molar-refractivity contribution in [3.63, 3.8) is 0 Å². The van der Waals surface area contributed by atoms with E-state index in [-0.39, 0.29) is 0 Å². The van der Waals surface area contributed by atoms with Gasteiger partial charge in [-0.25, -0.2) is 4.79 Å². The van der Waals surface area contributed by atoms with Gasteiger partial charge in [-0.3, -0.25) is 10.1 Å². The summed E-state index contributed by atoms with van der Waals surface area (Å²) >= 11 is 5.98. The number of hydrogen-bond donors (Lipinski definition) is 3. The third kappa shape index (κ3) is 4.03. The number of methoxy groups -OCH3 is 1. The molecular formula is C12H16ClN3O3. The number of nitrogens with two attached hydrogens (primary N) is 1. The van der Waals surface area contributed by atoms with Crippen LogP contribution in [0.1, 0.15) is 12.5 Å². The van der Waals surface area contributed by atoms with Gasteiger partial charge in [0.1, 0.15) is 11.8 Å². The van der Waals surface area contributed by atoms with E-state index < -0.39 is 18.0 Å². The highest BCUT2D eigenvalue weighted by atomic mass is 35.5. The lowest BCUT2D eigenvalue weighted by Gasteiger charge is -2.17. The summed E-state index contributed by atoms with van der Waals surface area (Å²) in [7, 11) is 1.50. The Morgan fingerprint density at radius 3 is 2.58 bits per heavy atom. The molecule has 0 unspecified atom stereocenters. The first kappa shape index (κ1) is 15.1. The van der Waals surface area contributed by atoms with Crippen LogP contribution in [0.2, 0.25) is 5.02 Å². The van der Waals surface area contributed by atoms with Gasteiger partial charge in [-0.2, -0.15) is 0 Å². The molecule has 1 aromatic rings. The SMILES string of the molecule is COc1cc(Cl)c(C)cc1N[C@H](C)C(=O)NC(N)=O. The number of halogens is 1. The summed E-state index contributed by atoms with van der Waals surface area (Å²) in [6.45, 7) is 3.43. The molecule has 0 aliphatic rings. The van der Waals surface area contributed by atoms with Crippen molar-refractivity contribution in [1.82, 2.24) is 5.32 Å². The number of anilines is 1. The fourth-order valence-electron chi connectivity index (χ4n) is 1.47. The van der Waals surface area contributed by atoms with Crippen LogP contribution in [-0.4, -0.2) is 25.1 Å². The Bertz CT molecular complexity index is 505. The Morgan fingerprint density at radius 2 is 2.05 bits per heavy atom. The first-order valence-electron chi connectivity index (χ1n) is 5.56. The molecule has 4 N–H and O–H groups in total. The van der Waals surface area contributed by atoms with Crippen LogP contribution in [0.4, 0.5) is 10.5 Å². The summed E-state index contributed by atoms with van der Waals surface area (Å²) < 4.78 is 5.17. The molecule has 1 atom stereocenters. The average Bonchev–Trinajstić information content (AvgIpc) is 2.32.